The molecule has 0 saturated carbocycles. The molecule has 0 amide bonds. The molecule has 1 heterocycles. The van der Waals surface area contributed by atoms with Crippen LogP contribution in [0.4, 0.5) is 0 Å². The molecule has 1 aliphatic rings. The van der Waals surface area contributed by atoms with E-state index in [-0.39, 0.29) is 6.54 Å². The molecule has 0 spiro atoms. The fraction of sp³-hybridized carbons (Fsp3) is 0.875. The molecule has 0 aromatic heterocycles. The van der Waals surface area contributed by atoms with Gasteiger partial charge < -0.3 is 25.8 Å². The van der Waals surface area contributed by atoms with Crippen molar-refractivity contribution in [1.29, 1.82) is 0 Å². The van der Waals surface area contributed by atoms with Crippen LogP contribution in [0.15, 0.2) is 5.11 Å². The standard InChI is InChI=1S/C8H14N4O5/c1-3(13)8(9)6(15)5(14)4(2-11-12-10)17-7(8)16/h4-7,14-16H,2,9H2,1H3/t4-,5+,6+,7?,8-/m1/s1. The summed E-state index contributed by atoms with van der Waals surface area (Å²) in [6.45, 7) is 0.774. The maximum Gasteiger partial charge on any atom is 0.183 e. The van der Waals surface area contributed by atoms with Gasteiger partial charge in [-0.15, -0.1) is 0 Å². The lowest BCUT2D eigenvalue weighted by Gasteiger charge is -2.45. The number of ether oxygens (including phenoxy) is 1. The van der Waals surface area contributed by atoms with Gasteiger partial charge in [0.15, 0.2) is 17.6 Å². The van der Waals surface area contributed by atoms with Gasteiger partial charge in [-0.1, -0.05) is 5.11 Å². The third-order valence-electron chi connectivity index (χ3n) is 2.84. The highest BCUT2D eigenvalue weighted by molar-refractivity contribution is 5.87. The van der Waals surface area contributed by atoms with Gasteiger partial charge in [-0.25, -0.2) is 0 Å². The molecule has 1 saturated heterocycles. The Kier molecular flexibility index (Phi) is 4.04. The minimum atomic E-state index is -2.09. The molecule has 0 radical (unpaired) electrons. The van der Waals surface area contributed by atoms with Crippen molar-refractivity contribution in [1.82, 2.24) is 0 Å². The van der Waals surface area contributed by atoms with Gasteiger partial charge in [-0.2, -0.15) is 0 Å². The Hall–Kier alpha value is -1.22. The average Bonchev–Trinajstić information content (AvgIpc) is 2.29. The maximum absolute atomic E-state index is 11.3. The van der Waals surface area contributed by atoms with Gasteiger partial charge in [0, 0.05) is 4.91 Å². The lowest BCUT2D eigenvalue weighted by Crippen LogP contribution is -2.73. The Balaban J connectivity index is 2.94. The number of aliphatic hydroxyl groups excluding tert-OH is 3. The zero-order chi connectivity index (χ0) is 13.2. The number of hydrogen-bond acceptors (Lipinski definition) is 7. The SMILES string of the molecule is CC(=O)[C@]1(N)C(O)O[C@H](CN=[N+]=[N-])[C@H](O)[C@@H]1O. The van der Waals surface area contributed by atoms with Crippen LogP contribution < -0.4 is 5.73 Å². The van der Waals surface area contributed by atoms with Gasteiger partial charge in [-0.05, 0) is 12.5 Å². The third kappa shape index (κ3) is 2.25. The first-order valence-electron chi connectivity index (χ1n) is 4.86. The molecule has 5 atom stereocenters. The summed E-state index contributed by atoms with van der Waals surface area (Å²) >= 11 is 0. The Bertz CT molecular complexity index is 358. The molecule has 0 aromatic rings. The molecule has 9 nitrogen and oxygen atoms in total. The second kappa shape index (κ2) is 4.96. The van der Waals surface area contributed by atoms with Gasteiger partial charge >= 0.3 is 0 Å². The quantitative estimate of drug-likeness (QED) is 0.256. The van der Waals surface area contributed by atoms with Crippen LogP contribution in [-0.4, -0.2) is 57.8 Å². The largest absolute Gasteiger partial charge is 0.388 e. The van der Waals surface area contributed by atoms with Crippen molar-refractivity contribution >= 4 is 5.78 Å². The normalized spacial score (nSPS) is 41.7. The first-order valence-corrected chi connectivity index (χ1v) is 4.86. The summed E-state index contributed by atoms with van der Waals surface area (Å²) in [5, 5.41) is 32.1. The van der Waals surface area contributed by atoms with Gasteiger partial charge in [0.1, 0.15) is 12.2 Å². The monoisotopic (exact) mass is 246 g/mol. The number of nitrogens with zero attached hydrogens (tertiary/aromatic N) is 3. The van der Waals surface area contributed by atoms with Crippen LogP contribution in [0.3, 0.4) is 0 Å². The average molecular weight is 246 g/mol. The third-order valence-corrected chi connectivity index (χ3v) is 2.84. The summed E-state index contributed by atoms with van der Waals surface area (Å²) < 4.78 is 4.88. The molecular weight excluding hydrogens is 232 g/mol. The van der Waals surface area contributed by atoms with E-state index >= 15 is 0 Å². The Morgan fingerprint density at radius 2 is 2.18 bits per heavy atom. The summed E-state index contributed by atoms with van der Waals surface area (Å²) in [5.74, 6) is -0.723. The summed E-state index contributed by atoms with van der Waals surface area (Å²) in [5.41, 5.74) is 11.6. The molecule has 1 rings (SSSR count). The summed E-state index contributed by atoms with van der Waals surface area (Å²) in [6.07, 6.45) is -6.13. The highest BCUT2D eigenvalue weighted by Crippen LogP contribution is 2.27. The fourth-order valence-electron chi connectivity index (χ4n) is 1.64. The Morgan fingerprint density at radius 1 is 1.59 bits per heavy atom. The van der Waals surface area contributed by atoms with Crippen LogP contribution in [0.1, 0.15) is 6.92 Å². The van der Waals surface area contributed by atoms with E-state index in [2.05, 4.69) is 10.0 Å². The molecule has 96 valence electrons. The van der Waals surface area contributed by atoms with E-state index in [4.69, 9.17) is 16.0 Å². The highest BCUT2D eigenvalue weighted by Gasteiger charge is 2.55. The Labute approximate surface area is 96.4 Å². The molecule has 0 aromatic carbocycles. The number of aliphatic hydroxyl groups is 3. The number of nitrogens with two attached hydrogens (primary N) is 1. The minimum Gasteiger partial charge on any atom is -0.388 e. The van der Waals surface area contributed by atoms with Crippen LogP contribution in [0.2, 0.25) is 0 Å². The van der Waals surface area contributed by atoms with Crippen molar-refractivity contribution in [2.45, 2.75) is 37.1 Å². The fourth-order valence-corrected chi connectivity index (χ4v) is 1.64. The molecule has 1 unspecified atom stereocenters. The molecule has 0 aliphatic carbocycles. The highest BCUT2D eigenvalue weighted by atomic mass is 16.6. The van der Waals surface area contributed by atoms with Gasteiger partial charge in [-0.3, -0.25) is 4.79 Å². The van der Waals surface area contributed by atoms with E-state index in [1.54, 1.807) is 0 Å². The molecule has 1 fully saturated rings. The molecular formula is C8H14N4O5. The lowest BCUT2D eigenvalue weighted by molar-refractivity contribution is -0.262. The first kappa shape index (κ1) is 13.8. The van der Waals surface area contributed by atoms with Crippen molar-refractivity contribution in [2.75, 3.05) is 6.54 Å². The zero-order valence-electron chi connectivity index (χ0n) is 9.09. The van der Waals surface area contributed by atoms with Crippen molar-refractivity contribution in [3.63, 3.8) is 0 Å². The molecule has 5 N–H and O–H groups in total. The Morgan fingerprint density at radius 3 is 2.65 bits per heavy atom. The first-order chi connectivity index (χ1) is 7.85. The summed E-state index contributed by atoms with van der Waals surface area (Å²) in [7, 11) is 0. The number of ketones is 1. The lowest BCUT2D eigenvalue weighted by atomic mass is 9.81. The van der Waals surface area contributed by atoms with Crippen molar-refractivity contribution in [3.8, 4) is 0 Å². The summed E-state index contributed by atoms with van der Waals surface area (Å²) in [4.78, 5) is 13.7. The predicted molar refractivity (Wildman–Crippen MR) is 54.5 cm³/mol. The number of rotatable bonds is 3. The molecule has 17 heavy (non-hydrogen) atoms. The molecule has 1 aliphatic heterocycles. The number of hydrogen-bond donors (Lipinski definition) is 4. The molecule has 9 heteroatoms. The predicted octanol–water partition coefficient (Wildman–Crippen LogP) is -1.98. The van der Waals surface area contributed by atoms with Crippen LogP contribution in [-0.2, 0) is 9.53 Å². The van der Waals surface area contributed by atoms with Crippen LogP contribution in [0.5, 0.6) is 0 Å². The number of Topliss-reactive ketones (excluding diaryl/α,β-unsaturated/α-hetero) is 1. The van der Waals surface area contributed by atoms with E-state index in [1.807, 2.05) is 0 Å². The van der Waals surface area contributed by atoms with Crippen LogP contribution in [0, 0.1) is 0 Å². The second-order valence-corrected chi connectivity index (χ2v) is 3.86. The maximum atomic E-state index is 11.3. The zero-order valence-corrected chi connectivity index (χ0v) is 9.09. The second-order valence-electron chi connectivity index (χ2n) is 3.86. The van der Waals surface area contributed by atoms with Gasteiger partial charge in [0.25, 0.3) is 0 Å². The van der Waals surface area contributed by atoms with Gasteiger partial charge in [0.2, 0.25) is 0 Å². The number of carbonyl (C=O) groups is 1. The van der Waals surface area contributed by atoms with E-state index in [1.165, 1.54) is 0 Å². The van der Waals surface area contributed by atoms with E-state index in [9.17, 15) is 20.1 Å². The van der Waals surface area contributed by atoms with E-state index in [0.29, 0.717) is 0 Å². The smallest absolute Gasteiger partial charge is 0.183 e. The van der Waals surface area contributed by atoms with Gasteiger partial charge in [0.05, 0.1) is 12.6 Å². The van der Waals surface area contributed by atoms with Crippen molar-refractivity contribution < 1.29 is 24.9 Å². The molecule has 0 bridgehead atoms. The number of carbonyl (C=O) groups excluding carboxylic acids is 1. The number of azide groups is 1. The van der Waals surface area contributed by atoms with Crippen LogP contribution in [0.25, 0.3) is 10.4 Å². The van der Waals surface area contributed by atoms with Crippen LogP contribution >= 0.6 is 0 Å². The summed E-state index contributed by atoms with van der Waals surface area (Å²) in [6, 6.07) is 0. The van der Waals surface area contributed by atoms with E-state index in [0.717, 1.165) is 6.92 Å². The van der Waals surface area contributed by atoms with Crippen molar-refractivity contribution in [2.24, 2.45) is 10.8 Å². The topological polar surface area (TPSA) is 162 Å². The van der Waals surface area contributed by atoms with E-state index < -0.39 is 35.9 Å². The minimum absolute atomic E-state index is 0.292. The van der Waals surface area contributed by atoms with Crippen molar-refractivity contribution in [3.05, 3.63) is 10.4 Å².